The minimum absolute atomic E-state index is 0.105. The van der Waals surface area contributed by atoms with E-state index in [1.807, 2.05) is 26.8 Å². The Labute approximate surface area is 125 Å². The number of anilines is 1. The lowest BCUT2D eigenvalue weighted by Gasteiger charge is -2.20. The van der Waals surface area contributed by atoms with Crippen molar-refractivity contribution in [2.45, 2.75) is 32.6 Å². The van der Waals surface area contributed by atoms with Crippen LogP contribution >= 0.6 is 0 Å². The van der Waals surface area contributed by atoms with Crippen LogP contribution < -0.4 is 16.6 Å². The van der Waals surface area contributed by atoms with E-state index in [9.17, 15) is 4.79 Å². The first kappa shape index (κ1) is 15.7. The molecule has 1 aromatic heterocycles. The zero-order chi connectivity index (χ0) is 15.5. The van der Waals surface area contributed by atoms with Crippen LogP contribution in [0.2, 0.25) is 0 Å². The van der Waals surface area contributed by atoms with Gasteiger partial charge in [-0.3, -0.25) is 4.79 Å². The van der Waals surface area contributed by atoms with E-state index in [0.717, 1.165) is 25.3 Å². The van der Waals surface area contributed by atoms with Gasteiger partial charge in [0.1, 0.15) is 5.82 Å². The van der Waals surface area contributed by atoms with Gasteiger partial charge < -0.3 is 15.5 Å². The highest BCUT2D eigenvalue weighted by molar-refractivity contribution is 5.95. The highest BCUT2D eigenvalue weighted by Gasteiger charge is 2.20. The number of rotatable bonds is 4. The summed E-state index contributed by atoms with van der Waals surface area (Å²) in [6, 6.07) is 3.48. The summed E-state index contributed by atoms with van der Waals surface area (Å²) in [6.07, 6.45) is 0.999. The third-order valence-corrected chi connectivity index (χ3v) is 3.58. The summed E-state index contributed by atoms with van der Waals surface area (Å²) in [6.45, 7) is 8.29. The number of carbonyl (C=O) groups is 1. The third kappa shape index (κ3) is 4.15. The number of nitrogens with one attached hydrogen (secondary N) is 2. The van der Waals surface area contributed by atoms with Gasteiger partial charge in [0.05, 0.1) is 6.61 Å². The number of hydrogen-bond acceptors (Lipinski definition) is 5. The van der Waals surface area contributed by atoms with Crippen molar-refractivity contribution in [3.05, 3.63) is 23.4 Å². The molecule has 1 fully saturated rings. The SMILES string of the molecule is CC(C)(C)c1cc(C(=O)NCC2CCOC2)cc(NN)n1. The Balaban J connectivity index is 2.11. The quantitative estimate of drug-likeness (QED) is 0.577. The fourth-order valence-corrected chi connectivity index (χ4v) is 2.20. The van der Waals surface area contributed by atoms with Crippen molar-refractivity contribution in [1.29, 1.82) is 0 Å². The number of nitrogens with zero attached hydrogens (tertiary/aromatic N) is 1. The average molecular weight is 292 g/mol. The predicted octanol–water partition coefficient (Wildman–Crippen LogP) is 1.43. The molecule has 2 rings (SSSR count). The fraction of sp³-hybridized carbons (Fsp3) is 0.600. The number of hydrazine groups is 1. The number of ether oxygens (including phenoxy) is 1. The van der Waals surface area contributed by atoms with E-state index in [2.05, 4.69) is 15.7 Å². The van der Waals surface area contributed by atoms with Gasteiger partial charge in [-0.1, -0.05) is 20.8 Å². The molecule has 1 unspecified atom stereocenters. The van der Waals surface area contributed by atoms with Gasteiger partial charge in [-0.25, -0.2) is 10.8 Å². The summed E-state index contributed by atoms with van der Waals surface area (Å²) in [5, 5.41) is 2.96. The normalized spacial score (nSPS) is 18.6. The van der Waals surface area contributed by atoms with Gasteiger partial charge in [-0.15, -0.1) is 0 Å². The molecule has 0 radical (unpaired) electrons. The molecule has 0 bridgehead atoms. The molecule has 1 aromatic rings. The van der Waals surface area contributed by atoms with Crippen molar-refractivity contribution in [3.8, 4) is 0 Å². The molecule has 1 amide bonds. The van der Waals surface area contributed by atoms with Crippen LogP contribution in [-0.2, 0) is 10.2 Å². The van der Waals surface area contributed by atoms with Gasteiger partial charge in [-0.05, 0) is 18.6 Å². The van der Waals surface area contributed by atoms with E-state index < -0.39 is 0 Å². The number of nitrogens with two attached hydrogens (primary N) is 1. The van der Waals surface area contributed by atoms with Crippen molar-refractivity contribution in [2.24, 2.45) is 11.8 Å². The fourth-order valence-electron chi connectivity index (χ4n) is 2.20. The van der Waals surface area contributed by atoms with E-state index in [-0.39, 0.29) is 11.3 Å². The van der Waals surface area contributed by atoms with Gasteiger partial charge in [0.15, 0.2) is 0 Å². The number of nitrogen functional groups attached to an aromatic ring is 1. The minimum Gasteiger partial charge on any atom is -0.381 e. The Morgan fingerprint density at radius 2 is 2.24 bits per heavy atom. The maximum absolute atomic E-state index is 12.3. The topological polar surface area (TPSA) is 89.3 Å². The van der Waals surface area contributed by atoms with Crippen molar-refractivity contribution >= 4 is 11.7 Å². The van der Waals surface area contributed by atoms with Crippen LogP contribution in [0.25, 0.3) is 0 Å². The second-order valence-electron chi connectivity index (χ2n) is 6.46. The van der Waals surface area contributed by atoms with Crippen LogP contribution in [0.3, 0.4) is 0 Å². The zero-order valence-electron chi connectivity index (χ0n) is 12.9. The summed E-state index contributed by atoms with van der Waals surface area (Å²) >= 11 is 0. The maximum Gasteiger partial charge on any atom is 0.251 e. The molecule has 116 valence electrons. The third-order valence-electron chi connectivity index (χ3n) is 3.58. The van der Waals surface area contributed by atoms with Crippen molar-refractivity contribution < 1.29 is 9.53 Å². The molecule has 1 saturated heterocycles. The van der Waals surface area contributed by atoms with Crippen LogP contribution in [-0.4, -0.2) is 30.6 Å². The zero-order valence-corrected chi connectivity index (χ0v) is 12.9. The first-order chi connectivity index (χ1) is 9.90. The molecule has 0 aliphatic carbocycles. The molecule has 21 heavy (non-hydrogen) atoms. The van der Waals surface area contributed by atoms with Crippen LogP contribution in [0.15, 0.2) is 12.1 Å². The van der Waals surface area contributed by atoms with E-state index in [4.69, 9.17) is 10.6 Å². The van der Waals surface area contributed by atoms with E-state index in [1.54, 1.807) is 6.07 Å². The lowest BCUT2D eigenvalue weighted by molar-refractivity contribution is 0.0944. The highest BCUT2D eigenvalue weighted by atomic mass is 16.5. The van der Waals surface area contributed by atoms with Crippen molar-refractivity contribution in [1.82, 2.24) is 10.3 Å². The van der Waals surface area contributed by atoms with Crippen LogP contribution in [0.4, 0.5) is 5.82 Å². The summed E-state index contributed by atoms with van der Waals surface area (Å²) in [5.74, 6) is 6.24. The number of pyridine rings is 1. The van der Waals surface area contributed by atoms with Crippen molar-refractivity contribution in [2.75, 3.05) is 25.2 Å². The van der Waals surface area contributed by atoms with Gasteiger partial charge >= 0.3 is 0 Å². The van der Waals surface area contributed by atoms with Crippen LogP contribution in [0.1, 0.15) is 43.2 Å². The second kappa shape index (κ2) is 6.41. The van der Waals surface area contributed by atoms with Crippen LogP contribution in [0.5, 0.6) is 0 Å². The molecule has 2 heterocycles. The molecular formula is C15H24N4O2. The molecule has 0 aromatic carbocycles. The second-order valence-corrected chi connectivity index (χ2v) is 6.46. The number of hydrogen-bond donors (Lipinski definition) is 3. The summed E-state index contributed by atoms with van der Waals surface area (Å²) < 4.78 is 5.31. The summed E-state index contributed by atoms with van der Waals surface area (Å²) in [4.78, 5) is 16.7. The number of amides is 1. The molecule has 6 nitrogen and oxygen atoms in total. The van der Waals surface area contributed by atoms with Gasteiger partial charge in [-0.2, -0.15) is 0 Å². The first-order valence-corrected chi connectivity index (χ1v) is 7.25. The Morgan fingerprint density at radius 3 is 2.81 bits per heavy atom. The summed E-state index contributed by atoms with van der Waals surface area (Å²) in [7, 11) is 0. The van der Waals surface area contributed by atoms with Gasteiger partial charge in [0.25, 0.3) is 5.91 Å². The molecule has 1 atom stereocenters. The molecule has 1 aliphatic rings. The average Bonchev–Trinajstić information content (AvgIpc) is 2.96. The minimum atomic E-state index is -0.152. The molecule has 0 saturated carbocycles. The summed E-state index contributed by atoms with van der Waals surface area (Å²) in [5.41, 5.74) is 3.77. The largest absolute Gasteiger partial charge is 0.381 e. The Kier molecular flexibility index (Phi) is 4.80. The number of carbonyl (C=O) groups excluding carboxylic acids is 1. The highest BCUT2D eigenvalue weighted by Crippen LogP contribution is 2.23. The monoisotopic (exact) mass is 292 g/mol. The smallest absolute Gasteiger partial charge is 0.251 e. The molecule has 6 heteroatoms. The van der Waals surface area contributed by atoms with Gasteiger partial charge in [0, 0.05) is 35.7 Å². The molecule has 1 aliphatic heterocycles. The maximum atomic E-state index is 12.3. The Morgan fingerprint density at radius 1 is 1.48 bits per heavy atom. The lowest BCUT2D eigenvalue weighted by Crippen LogP contribution is -2.30. The van der Waals surface area contributed by atoms with Crippen LogP contribution in [0, 0.1) is 5.92 Å². The lowest BCUT2D eigenvalue weighted by atomic mass is 9.90. The molecular weight excluding hydrogens is 268 g/mol. The van der Waals surface area contributed by atoms with E-state index in [1.165, 1.54) is 0 Å². The molecule has 4 N–H and O–H groups in total. The number of aromatic nitrogens is 1. The predicted molar refractivity (Wildman–Crippen MR) is 82.0 cm³/mol. The van der Waals surface area contributed by atoms with Gasteiger partial charge in [0.2, 0.25) is 0 Å². The Bertz CT molecular complexity index is 505. The van der Waals surface area contributed by atoms with E-state index >= 15 is 0 Å². The molecule has 0 spiro atoms. The first-order valence-electron chi connectivity index (χ1n) is 7.25. The standard InChI is InChI=1S/C15H24N4O2/c1-15(2,3)12-6-11(7-13(18-12)19-16)14(20)17-8-10-4-5-21-9-10/h6-7,10H,4-5,8-9,16H2,1-3H3,(H,17,20)(H,18,19). The Hall–Kier alpha value is -1.66. The van der Waals surface area contributed by atoms with E-state index in [0.29, 0.717) is 23.8 Å². The van der Waals surface area contributed by atoms with Crippen molar-refractivity contribution in [3.63, 3.8) is 0 Å².